The van der Waals surface area contributed by atoms with Gasteiger partial charge in [0.2, 0.25) is 5.91 Å². The van der Waals surface area contributed by atoms with Crippen molar-refractivity contribution in [2.45, 2.75) is 13.8 Å². The third-order valence-corrected chi connectivity index (χ3v) is 3.31. The van der Waals surface area contributed by atoms with Gasteiger partial charge in [-0.05, 0) is 30.3 Å². The van der Waals surface area contributed by atoms with Gasteiger partial charge in [0, 0.05) is 10.9 Å². The topological polar surface area (TPSA) is 54.0 Å². The Morgan fingerprint density at radius 2 is 1.95 bits per heavy atom. The van der Waals surface area contributed by atoms with E-state index in [1.165, 1.54) is 0 Å². The molecule has 110 valence electrons. The second-order valence-electron chi connectivity index (χ2n) is 4.83. The molecule has 0 fully saturated rings. The normalized spacial score (nSPS) is 10.5. The second kappa shape index (κ2) is 6.78. The standard InChI is InChI=1S/C15H15Cl2N3O/c1-9(2)15(21)19-11-4-6-14(18-8-11)20-13-7-10(16)3-5-12(13)17/h3-9H,1-2H3,(H,18,20)(H,19,21). The van der Waals surface area contributed by atoms with Crippen molar-refractivity contribution in [3.8, 4) is 0 Å². The minimum absolute atomic E-state index is 0.0459. The van der Waals surface area contributed by atoms with Gasteiger partial charge in [0.25, 0.3) is 0 Å². The lowest BCUT2D eigenvalue weighted by Crippen LogP contribution is -2.17. The molecule has 2 aromatic rings. The summed E-state index contributed by atoms with van der Waals surface area (Å²) in [6.45, 7) is 3.67. The van der Waals surface area contributed by atoms with Gasteiger partial charge in [-0.3, -0.25) is 4.79 Å². The summed E-state index contributed by atoms with van der Waals surface area (Å²) < 4.78 is 0. The highest BCUT2D eigenvalue weighted by Gasteiger charge is 2.07. The van der Waals surface area contributed by atoms with Crippen LogP contribution in [0.4, 0.5) is 17.2 Å². The summed E-state index contributed by atoms with van der Waals surface area (Å²) >= 11 is 12.0. The van der Waals surface area contributed by atoms with Crippen LogP contribution in [-0.2, 0) is 4.79 Å². The van der Waals surface area contributed by atoms with Crippen molar-refractivity contribution < 1.29 is 4.79 Å². The molecule has 0 aliphatic heterocycles. The molecule has 2 N–H and O–H groups in total. The SMILES string of the molecule is CC(C)C(=O)Nc1ccc(Nc2cc(Cl)ccc2Cl)nc1. The van der Waals surface area contributed by atoms with Crippen molar-refractivity contribution in [3.63, 3.8) is 0 Å². The number of amides is 1. The van der Waals surface area contributed by atoms with Crippen molar-refractivity contribution in [1.29, 1.82) is 0 Å². The van der Waals surface area contributed by atoms with Crippen LogP contribution in [0.1, 0.15) is 13.8 Å². The fraction of sp³-hybridized carbons (Fsp3) is 0.200. The first-order chi connectivity index (χ1) is 9.95. The minimum Gasteiger partial charge on any atom is -0.339 e. The number of aromatic nitrogens is 1. The Balaban J connectivity index is 2.09. The van der Waals surface area contributed by atoms with E-state index in [1.807, 2.05) is 13.8 Å². The third kappa shape index (κ3) is 4.34. The Morgan fingerprint density at radius 1 is 1.19 bits per heavy atom. The molecule has 0 atom stereocenters. The van der Waals surface area contributed by atoms with Crippen molar-refractivity contribution >= 4 is 46.3 Å². The van der Waals surface area contributed by atoms with E-state index in [1.54, 1.807) is 36.5 Å². The highest BCUT2D eigenvalue weighted by Crippen LogP contribution is 2.28. The lowest BCUT2D eigenvalue weighted by molar-refractivity contribution is -0.118. The molecule has 4 nitrogen and oxygen atoms in total. The number of hydrogen-bond acceptors (Lipinski definition) is 3. The van der Waals surface area contributed by atoms with Crippen LogP contribution in [0.5, 0.6) is 0 Å². The summed E-state index contributed by atoms with van der Waals surface area (Å²) in [5.41, 5.74) is 1.33. The zero-order valence-corrected chi connectivity index (χ0v) is 13.2. The van der Waals surface area contributed by atoms with Gasteiger partial charge in [-0.2, -0.15) is 0 Å². The van der Waals surface area contributed by atoms with E-state index in [-0.39, 0.29) is 11.8 Å². The molecule has 0 aliphatic rings. The maximum absolute atomic E-state index is 11.6. The maximum atomic E-state index is 11.6. The van der Waals surface area contributed by atoms with Gasteiger partial charge in [0.1, 0.15) is 5.82 Å². The number of pyridine rings is 1. The van der Waals surface area contributed by atoms with E-state index in [0.717, 1.165) is 0 Å². The lowest BCUT2D eigenvalue weighted by atomic mass is 10.2. The van der Waals surface area contributed by atoms with Crippen molar-refractivity contribution in [2.24, 2.45) is 5.92 Å². The average Bonchev–Trinajstić information content (AvgIpc) is 2.45. The van der Waals surface area contributed by atoms with Crippen LogP contribution in [0.2, 0.25) is 10.0 Å². The summed E-state index contributed by atoms with van der Waals surface area (Å²) in [6.07, 6.45) is 1.58. The first kappa shape index (κ1) is 15.6. The Hall–Kier alpha value is -1.78. The van der Waals surface area contributed by atoms with Crippen LogP contribution in [0.15, 0.2) is 36.5 Å². The van der Waals surface area contributed by atoms with Crippen molar-refractivity contribution in [1.82, 2.24) is 4.98 Å². The van der Waals surface area contributed by atoms with E-state index in [2.05, 4.69) is 15.6 Å². The van der Waals surface area contributed by atoms with Gasteiger partial charge in [-0.15, -0.1) is 0 Å². The summed E-state index contributed by atoms with van der Waals surface area (Å²) in [5.74, 6) is 0.491. The average molecular weight is 324 g/mol. The van der Waals surface area contributed by atoms with Gasteiger partial charge in [0.15, 0.2) is 0 Å². The van der Waals surface area contributed by atoms with E-state index in [0.29, 0.717) is 27.2 Å². The zero-order valence-electron chi connectivity index (χ0n) is 11.7. The monoisotopic (exact) mass is 323 g/mol. The first-order valence-corrected chi connectivity index (χ1v) is 7.20. The molecule has 0 unspecified atom stereocenters. The summed E-state index contributed by atoms with van der Waals surface area (Å²) in [6, 6.07) is 8.68. The molecule has 0 bridgehead atoms. The Labute approximate surface area is 133 Å². The lowest BCUT2D eigenvalue weighted by Gasteiger charge is -2.10. The molecule has 2 rings (SSSR count). The van der Waals surface area contributed by atoms with E-state index in [4.69, 9.17) is 23.2 Å². The number of nitrogens with zero attached hydrogens (tertiary/aromatic N) is 1. The molecule has 0 saturated heterocycles. The zero-order chi connectivity index (χ0) is 15.4. The Morgan fingerprint density at radius 3 is 2.57 bits per heavy atom. The smallest absolute Gasteiger partial charge is 0.226 e. The Bertz CT molecular complexity index is 642. The molecule has 0 spiro atoms. The van der Waals surface area contributed by atoms with Crippen molar-refractivity contribution in [3.05, 3.63) is 46.6 Å². The number of benzene rings is 1. The number of nitrogens with one attached hydrogen (secondary N) is 2. The summed E-state index contributed by atoms with van der Waals surface area (Å²) in [5, 5.41) is 6.99. The summed E-state index contributed by atoms with van der Waals surface area (Å²) in [4.78, 5) is 15.8. The molecule has 0 radical (unpaired) electrons. The molecule has 1 heterocycles. The highest BCUT2D eigenvalue weighted by molar-refractivity contribution is 6.35. The Kier molecular flexibility index (Phi) is 5.04. The molecular formula is C15H15Cl2N3O. The predicted octanol–water partition coefficient (Wildman–Crippen LogP) is 4.73. The largest absolute Gasteiger partial charge is 0.339 e. The number of hydrogen-bond donors (Lipinski definition) is 2. The van der Waals surface area contributed by atoms with Gasteiger partial charge in [-0.1, -0.05) is 37.0 Å². The number of carbonyl (C=O) groups is 1. The van der Waals surface area contributed by atoms with Crippen LogP contribution >= 0.6 is 23.2 Å². The van der Waals surface area contributed by atoms with Crippen LogP contribution < -0.4 is 10.6 Å². The molecular weight excluding hydrogens is 309 g/mol. The van der Waals surface area contributed by atoms with E-state index in [9.17, 15) is 4.79 Å². The second-order valence-corrected chi connectivity index (χ2v) is 5.67. The van der Waals surface area contributed by atoms with Crippen LogP contribution in [0.25, 0.3) is 0 Å². The first-order valence-electron chi connectivity index (χ1n) is 6.44. The van der Waals surface area contributed by atoms with Crippen molar-refractivity contribution in [2.75, 3.05) is 10.6 Å². The molecule has 0 aliphatic carbocycles. The molecule has 1 aromatic heterocycles. The predicted molar refractivity (Wildman–Crippen MR) is 87.4 cm³/mol. The van der Waals surface area contributed by atoms with E-state index >= 15 is 0 Å². The molecule has 1 aromatic carbocycles. The minimum atomic E-state index is -0.0759. The van der Waals surface area contributed by atoms with Gasteiger partial charge >= 0.3 is 0 Å². The number of anilines is 3. The van der Waals surface area contributed by atoms with E-state index < -0.39 is 0 Å². The molecule has 21 heavy (non-hydrogen) atoms. The van der Waals surface area contributed by atoms with Crippen LogP contribution in [0, 0.1) is 5.92 Å². The van der Waals surface area contributed by atoms with Gasteiger partial charge < -0.3 is 10.6 Å². The highest BCUT2D eigenvalue weighted by atomic mass is 35.5. The number of carbonyl (C=O) groups excluding carboxylic acids is 1. The quantitative estimate of drug-likeness (QED) is 0.855. The van der Waals surface area contributed by atoms with Gasteiger partial charge in [0.05, 0.1) is 22.6 Å². The molecule has 0 saturated carbocycles. The fourth-order valence-electron chi connectivity index (χ4n) is 1.56. The number of halogens is 2. The fourth-order valence-corrected chi connectivity index (χ4v) is 1.90. The van der Waals surface area contributed by atoms with Crippen LogP contribution in [-0.4, -0.2) is 10.9 Å². The van der Waals surface area contributed by atoms with Gasteiger partial charge in [-0.25, -0.2) is 4.98 Å². The van der Waals surface area contributed by atoms with Crippen LogP contribution in [0.3, 0.4) is 0 Å². The summed E-state index contributed by atoms with van der Waals surface area (Å²) in [7, 11) is 0. The molecule has 6 heteroatoms. The third-order valence-electron chi connectivity index (χ3n) is 2.75. The molecule has 1 amide bonds. The number of rotatable bonds is 4. The maximum Gasteiger partial charge on any atom is 0.226 e.